The zero-order valence-electron chi connectivity index (χ0n) is 7.77. The SMILES string of the molecule is FCCN1CNSc2c1ccc(Cl)c2Cl. The number of fused-ring (bicyclic) bond motifs is 1. The Morgan fingerprint density at radius 1 is 1.47 bits per heavy atom. The summed E-state index contributed by atoms with van der Waals surface area (Å²) in [6, 6.07) is 3.60. The molecule has 0 aliphatic carbocycles. The first-order valence-corrected chi connectivity index (χ1v) is 6.00. The fraction of sp³-hybridized carbons (Fsp3) is 0.333. The maximum absolute atomic E-state index is 12.3. The van der Waals surface area contributed by atoms with Crippen LogP contribution in [0.2, 0.25) is 10.0 Å². The van der Waals surface area contributed by atoms with Crippen LogP contribution in [0.1, 0.15) is 0 Å². The summed E-state index contributed by atoms with van der Waals surface area (Å²) in [4.78, 5) is 2.76. The Bertz CT molecular complexity index is 375. The summed E-state index contributed by atoms with van der Waals surface area (Å²) < 4.78 is 15.4. The molecule has 6 heteroatoms. The number of benzene rings is 1. The Hall–Kier alpha value is -0.160. The average molecular weight is 267 g/mol. The van der Waals surface area contributed by atoms with E-state index in [1.807, 2.05) is 11.0 Å². The first-order chi connectivity index (χ1) is 7.24. The minimum Gasteiger partial charge on any atom is -0.354 e. The van der Waals surface area contributed by atoms with Crippen molar-refractivity contribution < 1.29 is 4.39 Å². The highest BCUT2D eigenvalue weighted by Gasteiger charge is 2.20. The van der Waals surface area contributed by atoms with Gasteiger partial charge in [0.15, 0.2) is 0 Å². The number of rotatable bonds is 2. The van der Waals surface area contributed by atoms with Crippen molar-refractivity contribution in [2.45, 2.75) is 4.90 Å². The number of anilines is 1. The lowest BCUT2D eigenvalue weighted by atomic mass is 10.3. The molecule has 15 heavy (non-hydrogen) atoms. The molecule has 0 unspecified atom stereocenters. The highest BCUT2D eigenvalue weighted by atomic mass is 35.5. The van der Waals surface area contributed by atoms with Crippen LogP contribution in [-0.2, 0) is 0 Å². The number of alkyl halides is 1. The third-order valence-corrected chi connectivity index (χ3v) is 3.96. The summed E-state index contributed by atoms with van der Waals surface area (Å²) >= 11 is 13.4. The Morgan fingerprint density at radius 2 is 2.27 bits per heavy atom. The van der Waals surface area contributed by atoms with E-state index in [-0.39, 0.29) is 6.67 Å². The lowest BCUT2D eigenvalue weighted by Crippen LogP contribution is -2.36. The van der Waals surface area contributed by atoms with Crippen LogP contribution in [0.5, 0.6) is 0 Å². The van der Waals surface area contributed by atoms with Crippen LogP contribution in [0.3, 0.4) is 0 Å². The minimum absolute atomic E-state index is 0.360. The Balaban J connectivity index is 2.40. The molecule has 1 N–H and O–H groups in total. The lowest BCUT2D eigenvalue weighted by Gasteiger charge is -2.30. The van der Waals surface area contributed by atoms with Gasteiger partial charge in [0.25, 0.3) is 0 Å². The average Bonchev–Trinajstić information content (AvgIpc) is 2.25. The molecule has 2 rings (SSSR count). The van der Waals surface area contributed by atoms with E-state index in [9.17, 15) is 4.39 Å². The third kappa shape index (κ3) is 2.18. The largest absolute Gasteiger partial charge is 0.354 e. The highest BCUT2D eigenvalue weighted by molar-refractivity contribution is 7.97. The quantitative estimate of drug-likeness (QED) is 0.827. The summed E-state index contributed by atoms with van der Waals surface area (Å²) in [6.07, 6.45) is 0. The van der Waals surface area contributed by atoms with Crippen LogP contribution in [-0.4, -0.2) is 19.9 Å². The van der Waals surface area contributed by atoms with Gasteiger partial charge in [0.1, 0.15) is 6.67 Å². The van der Waals surface area contributed by atoms with E-state index in [1.165, 1.54) is 11.9 Å². The monoisotopic (exact) mass is 266 g/mol. The molecule has 0 aromatic heterocycles. The molecule has 0 bridgehead atoms. The first kappa shape index (κ1) is 11.3. The van der Waals surface area contributed by atoms with Crippen molar-refractivity contribution in [3.05, 3.63) is 22.2 Å². The van der Waals surface area contributed by atoms with Crippen LogP contribution in [0.4, 0.5) is 10.1 Å². The summed E-state index contributed by atoms with van der Waals surface area (Å²) in [5, 5.41) is 1.04. The van der Waals surface area contributed by atoms with E-state index in [2.05, 4.69) is 4.72 Å². The second kappa shape index (κ2) is 4.78. The molecule has 1 aromatic carbocycles. The molecule has 0 radical (unpaired) electrons. The van der Waals surface area contributed by atoms with Crippen molar-refractivity contribution in [3.8, 4) is 0 Å². The Morgan fingerprint density at radius 3 is 3.00 bits per heavy atom. The van der Waals surface area contributed by atoms with Gasteiger partial charge in [0.05, 0.1) is 27.3 Å². The number of nitrogens with zero attached hydrogens (tertiary/aromatic N) is 1. The Kier molecular flexibility index (Phi) is 3.61. The van der Waals surface area contributed by atoms with Crippen molar-refractivity contribution in [2.24, 2.45) is 0 Å². The van der Waals surface area contributed by atoms with Crippen molar-refractivity contribution >= 4 is 40.8 Å². The van der Waals surface area contributed by atoms with Gasteiger partial charge < -0.3 is 4.90 Å². The predicted molar refractivity (Wildman–Crippen MR) is 63.6 cm³/mol. The van der Waals surface area contributed by atoms with Crippen molar-refractivity contribution in [1.29, 1.82) is 0 Å². The smallest absolute Gasteiger partial charge is 0.107 e. The van der Waals surface area contributed by atoms with Gasteiger partial charge in [-0.25, -0.2) is 9.11 Å². The second-order valence-corrected chi connectivity index (χ2v) is 4.75. The van der Waals surface area contributed by atoms with Crippen LogP contribution in [0, 0.1) is 0 Å². The van der Waals surface area contributed by atoms with Gasteiger partial charge >= 0.3 is 0 Å². The number of hydrogen-bond donors (Lipinski definition) is 1. The van der Waals surface area contributed by atoms with E-state index >= 15 is 0 Å². The standard InChI is InChI=1S/C9H9Cl2FN2S/c10-6-1-2-7-9(8(6)11)15-13-5-14(7)4-3-12/h1-2,13H,3-5H2. The summed E-state index contributed by atoms with van der Waals surface area (Å²) in [6.45, 7) is 0.587. The van der Waals surface area contributed by atoms with Crippen LogP contribution >= 0.6 is 35.1 Å². The van der Waals surface area contributed by atoms with Crippen molar-refractivity contribution in [1.82, 2.24) is 4.72 Å². The van der Waals surface area contributed by atoms with E-state index in [4.69, 9.17) is 23.2 Å². The topological polar surface area (TPSA) is 15.3 Å². The number of halogens is 3. The lowest BCUT2D eigenvalue weighted by molar-refractivity contribution is 0.488. The molecule has 0 spiro atoms. The van der Waals surface area contributed by atoms with E-state index < -0.39 is 0 Å². The molecule has 0 saturated carbocycles. The molecular formula is C9H9Cl2FN2S. The highest BCUT2D eigenvalue weighted by Crippen LogP contribution is 2.41. The van der Waals surface area contributed by atoms with Gasteiger partial charge in [0, 0.05) is 6.54 Å². The predicted octanol–water partition coefficient (Wildman–Crippen LogP) is 3.34. The van der Waals surface area contributed by atoms with Crippen LogP contribution < -0.4 is 9.62 Å². The van der Waals surface area contributed by atoms with Gasteiger partial charge in [-0.3, -0.25) is 0 Å². The van der Waals surface area contributed by atoms with E-state index in [1.54, 1.807) is 6.07 Å². The Labute approximate surface area is 102 Å². The maximum Gasteiger partial charge on any atom is 0.107 e. The summed E-state index contributed by atoms with van der Waals surface area (Å²) in [5.74, 6) is 0. The second-order valence-electron chi connectivity index (χ2n) is 3.07. The molecule has 0 amide bonds. The molecule has 1 aliphatic rings. The van der Waals surface area contributed by atoms with E-state index in [0.29, 0.717) is 23.3 Å². The van der Waals surface area contributed by atoms with Gasteiger partial charge in [0.2, 0.25) is 0 Å². The van der Waals surface area contributed by atoms with Crippen molar-refractivity contribution in [2.75, 3.05) is 24.8 Å². The van der Waals surface area contributed by atoms with Gasteiger partial charge in [-0.15, -0.1) is 0 Å². The molecule has 1 aromatic rings. The molecule has 2 nitrogen and oxygen atoms in total. The molecular weight excluding hydrogens is 258 g/mol. The summed E-state index contributed by atoms with van der Waals surface area (Å²) in [7, 11) is 0. The van der Waals surface area contributed by atoms with E-state index in [0.717, 1.165) is 10.6 Å². The first-order valence-electron chi connectivity index (χ1n) is 4.42. The third-order valence-electron chi connectivity index (χ3n) is 2.15. The normalized spacial score (nSPS) is 15.3. The zero-order valence-corrected chi connectivity index (χ0v) is 10.1. The molecule has 0 saturated heterocycles. The van der Waals surface area contributed by atoms with Crippen LogP contribution in [0.15, 0.2) is 17.0 Å². The van der Waals surface area contributed by atoms with Gasteiger partial charge in [-0.2, -0.15) is 0 Å². The van der Waals surface area contributed by atoms with Gasteiger partial charge in [-0.05, 0) is 24.1 Å². The fourth-order valence-corrected chi connectivity index (χ4v) is 2.79. The zero-order chi connectivity index (χ0) is 10.8. The summed E-state index contributed by atoms with van der Waals surface area (Å²) in [5.41, 5.74) is 0.936. The van der Waals surface area contributed by atoms with Crippen molar-refractivity contribution in [3.63, 3.8) is 0 Å². The number of nitrogens with one attached hydrogen (secondary N) is 1. The minimum atomic E-state index is -0.383. The molecule has 1 aliphatic heterocycles. The molecule has 0 fully saturated rings. The maximum atomic E-state index is 12.3. The molecule has 1 heterocycles. The molecule has 82 valence electrons. The van der Waals surface area contributed by atoms with Crippen LogP contribution in [0.25, 0.3) is 0 Å². The molecule has 0 atom stereocenters. The van der Waals surface area contributed by atoms with Gasteiger partial charge in [-0.1, -0.05) is 23.2 Å². The number of hydrogen-bond acceptors (Lipinski definition) is 3. The fourth-order valence-electron chi connectivity index (χ4n) is 1.44.